The van der Waals surface area contributed by atoms with Gasteiger partial charge in [-0.2, -0.15) is 0 Å². The normalized spacial score (nSPS) is 10.7. The Morgan fingerprint density at radius 3 is 2.35 bits per heavy atom. The third kappa shape index (κ3) is 3.55. The van der Waals surface area contributed by atoms with Gasteiger partial charge in [0.1, 0.15) is 34.3 Å². The Kier molecular flexibility index (Phi) is 4.75. The van der Waals surface area contributed by atoms with Gasteiger partial charge in [0.05, 0.1) is 14.2 Å². The van der Waals surface area contributed by atoms with Crippen LogP contribution in [0.3, 0.4) is 0 Å². The molecule has 0 fully saturated rings. The van der Waals surface area contributed by atoms with Crippen molar-refractivity contribution in [2.45, 2.75) is 0 Å². The van der Waals surface area contributed by atoms with Crippen molar-refractivity contribution >= 4 is 11.9 Å². The zero-order chi connectivity index (χ0) is 17.0. The van der Waals surface area contributed by atoms with Gasteiger partial charge < -0.3 is 24.8 Å². The largest absolute Gasteiger partial charge is 0.508 e. The molecule has 0 spiro atoms. The van der Waals surface area contributed by atoms with E-state index in [1.54, 1.807) is 0 Å². The van der Waals surface area contributed by atoms with E-state index in [9.17, 15) is 20.1 Å². The number of allylic oxidation sites excluding steroid dienone is 1. The Morgan fingerprint density at radius 2 is 1.74 bits per heavy atom. The Balaban J connectivity index is 2.35. The Hall–Kier alpha value is -3.15. The highest BCUT2D eigenvalue weighted by Gasteiger charge is 2.17. The number of carbonyl (C=O) groups excluding carboxylic acids is 1. The van der Waals surface area contributed by atoms with Crippen LogP contribution >= 0.6 is 0 Å². The van der Waals surface area contributed by atoms with E-state index in [1.165, 1.54) is 50.6 Å². The standard InChI is InChI=1S/C17H16O6/c1-22-12-8-15(21)17(16(9-12)23-2)13(19)6-4-10-3-5-11(18)7-14(10)20/h3-9,18,20-21H,1-2H3. The molecule has 0 aliphatic heterocycles. The number of carbonyl (C=O) groups is 1. The van der Waals surface area contributed by atoms with Gasteiger partial charge in [0.25, 0.3) is 0 Å². The Bertz CT molecular complexity index is 764. The topological polar surface area (TPSA) is 96.2 Å². The van der Waals surface area contributed by atoms with Gasteiger partial charge in [-0.25, -0.2) is 0 Å². The average Bonchev–Trinajstić information content (AvgIpc) is 2.52. The van der Waals surface area contributed by atoms with Crippen molar-refractivity contribution in [1.29, 1.82) is 0 Å². The second-order valence-corrected chi connectivity index (χ2v) is 4.66. The molecule has 0 aliphatic carbocycles. The van der Waals surface area contributed by atoms with Crippen molar-refractivity contribution in [2.24, 2.45) is 0 Å². The predicted molar refractivity (Wildman–Crippen MR) is 84.3 cm³/mol. The van der Waals surface area contributed by atoms with Crippen molar-refractivity contribution in [2.75, 3.05) is 14.2 Å². The minimum absolute atomic E-state index is 0.0113. The molecule has 0 radical (unpaired) electrons. The predicted octanol–water partition coefficient (Wildman–Crippen LogP) is 2.72. The number of hydrogen-bond donors (Lipinski definition) is 3. The molecule has 0 amide bonds. The maximum Gasteiger partial charge on any atom is 0.193 e. The number of methoxy groups -OCH3 is 2. The van der Waals surface area contributed by atoms with Crippen LogP contribution in [-0.2, 0) is 0 Å². The summed E-state index contributed by atoms with van der Waals surface area (Å²) in [6, 6.07) is 6.80. The van der Waals surface area contributed by atoms with Gasteiger partial charge in [-0.05, 0) is 24.3 Å². The Morgan fingerprint density at radius 1 is 1.00 bits per heavy atom. The van der Waals surface area contributed by atoms with E-state index in [1.807, 2.05) is 0 Å². The molecule has 3 N–H and O–H groups in total. The first-order valence-electron chi connectivity index (χ1n) is 6.65. The molecule has 0 atom stereocenters. The minimum atomic E-state index is -0.505. The number of ether oxygens (including phenoxy) is 2. The van der Waals surface area contributed by atoms with Crippen LogP contribution in [0.2, 0.25) is 0 Å². The molecule has 0 aromatic heterocycles. The molecule has 0 aliphatic rings. The molecular weight excluding hydrogens is 300 g/mol. The third-order valence-electron chi connectivity index (χ3n) is 3.19. The van der Waals surface area contributed by atoms with Crippen molar-refractivity contribution < 1.29 is 29.6 Å². The second-order valence-electron chi connectivity index (χ2n) is 4.66. The molecule has 0 bridgehead atoms. The van der Waals surface area contributed by atoms with Gasteiger partial charge in [-0.15, -0.1) is 0 Å². The number of benzene rings is 2. The number of ketones is 1. The van der Waals surface area contributed by atoms with Crippen LogP contribution in [0.5, 0.6) is 28.7 Å². The van der Waals surface area contributed by atoms with Gasteiger partial charge in [0.2, 0.25) is 0 Å². The van der Waals surface area contributed by atoms with Crippen LogP contribution in [0, 0.1) is 0 Å². The lowest BCUT2D eigenvalue weighted by Crippen LogP contribution is -2.00. The smallest absolute Gasteiger partial charge is 0.193 e. The van der Waals surface area contributed by atoms with Crippen LogP contribution < -0.4 is 9.47 Å². The Labute approximate surface area is 132 Å². The van der Waals surface area contributed by atoms with Gasteiger partial charge >= 0.3 is 0 Å². The number of hydrogen-bond acceptors (Lipinski definition) is 6. The fourth-order valence-corrected chi connectivity index (χ4v) is 2.02. The van der Waals surface area contributed by atoms with E-state index in [2.05, 4.69) is 0 Å². The molecule has 120 valence electrons. The number of rotatable bonds is 5. The van der Waals surface area contributed by atoms with Gasteiger partial charge in [-0.3, -0.25) is 4.79 Å². The lowest BCUT2D eigenvalue weighted by atomic mass is 10.1. The summed E-state index contributed by atoms with van der Waals surface area (Å²) in [5.74, 6) is -0.497. The van der Waals surface area contributed by atoms with Crippen LogP contribution in [0.25, 0.3) is 6.08 Å². The number of phenolic OH excluding ortho intramolecular Hbond substituents is 3. The summed E-state index contributed by atoms with van der Waals surface area (Å²) in [5.41, 5.74) is 0.339. The molecule has 2 rings (SSSR count). The minimum Gasteiger partial charge on any atom is -0.508 e. The zero-order valence-electron chi connectivity index (χ0n) is 12.6. The maximum atomic E-state index is 12.3. The average molecular weight is 316 g/mol. The zero-order valence-corrected chi connectivity index (χ0v) is 12.6. The monoisotopic (exact) mass is 316 g/mol. The first-order valence-corrected chi connectivity index (χ1v) is 6.65. The first kappa shape index (κ1) is 16.2. The summed E-state index contributed by atoms with van der Waals surface area (Å²) in [4.78, 5) is 12.3. The molecule has 2 aromatic rings. The van der Waals surface area contributed by atoms with E-state index in [0.29, 0.717) is 11.3 Å². The summed E-state index contributed by atoms with van der Waals surface area (Å²) in [5, 5.41) is 28.9. The molecule has 6 nitrogen and oxygen atoms in total. The number of phenols is 3. The molecule has 0 heterocycles. The van der Waals surface area contributed by atoms with Crippen molar-refractivity contribution in [3.05, 3.63) is 47.5 Å². The van der Waals surface area contributed by atoms with E-state index >= 15 is 0 Å². The lowest BCUT2D eigenvalue weighted by Gasteiger charge is -2.10. The fraction of sp³-hybridized carbons (Fsp3) is 0.118. The second kappa shape index (κ2) is 6.74. The quantitative estimate of drug-likeness (QED) is 0.580. The summed E-state index contributed by atoms with van der Waals surface area (Å²) in [6.45, 7) is 0. The molecule has 0 saturated carbocycles. The highest BCUT2D eigenvalue weighted by Crippen LogP contribution is 2.34. The highest BCUT2D eigenvalue weighted by atomic mass is 16.5. The molecule has 23 heavy (non-hydrogen) atoms. The lowest BCUT2D eigenvalue weighted by molar-refractivity contribution is 0.104. The van der Waals surface area contributed by atoms with Crippen molar-refractivity contribution in [1.82, 2.24) is 0 Å². The van der Waals surface area contributed by atoms with Crippen LogP contribution in [0.1, 0.15) is 15.9 Å². The molecule has 6 heteroatoms. The van der Waals surface area contributed by atoms with E-state index in [0.717, 1.165) is 6.07 Å². The van der Waals surface area contributed by atoms with E-state index in [-0.39, 0.29) is 28.6 Å². The van der Waals surface area contributed by atoms with Crippen LogP contribution in [0.15, 0.2) is 36.4 Å². The van der Waals surface area contributed by atoms with Gasteiger partial charge in [-0.1, -0.05) is 0 Å². The van der Waals surface area contributed by atoms with Gasteiger partial charge in [0.15, 0.2) is 5.78 Å². The summed E-state index contributed by atoms with van der Waals surface area (Å²) < 4.78 is 10.1. The maximum absolute atomic E-state index is 12.3. The van der Waals surface area contributed by atoms with E-state index < -0.39 is 5.78 Å². The van der Waals surface area contributed by atoms with Crippen molar-refractivity contribution in [3.63, 3.8) is 0 Å². The molecule has 0 unspecified atom stereocenters. The fourth-order valence-electron chi connectivity index (χ4n) is 2.02. The summed E-state index contributed by atoms with van der Waals surface area (Å²) in [6.07, 6.45) is 2.57. The first-order chi connectivity index (χ1) is 11.0. The molecule has 2 aromatic carbocycles. The van der Waals surface area contributed by atoms with Gasteiger partial charge in [0, 0.05) is 23.8 Å². The van der Waals surface area contributed by atoms with Crippen molar-refractivity contribution in [3.8, 4) is 28.7 Å². The van der Waals surface area contributed by atoms with E-state index in [4.69, 9.17) is 9.47 Å². The SMILES string of the molecule is COc1cc(O)c(C(=O)C=Cc2ccc(O)cc2O)c(OC)c1. The van der Waals surface area contributed by atoms with Crippen LogP contribution in [0.4, 0.5) is 0 Å². The summed E-state index contributed by atoms with van der Waals surface area (Å²) in [7, 11) is 2.81. The molecule has 0 saturated heterocycles. The molecular formula is C17H16O6. The number of aromatic hydroxyl groups is 3. The third-order valence-corrected chi connectivity index (χ3v) is 3.19. The van der Waals surface area contributed by atoms with Crippen LogP contribution in [-0.4, -0.2) is 35.3 Å². The highest BCUT2D eigenvalue weighted by molar-refractivity contribution is 6.10. The summed E-state index contributed by atoms with van der Waals surface area (Å²) >= 11 is 0.